The van der Waals surface area contributed by atoms with Gasteiger partial charge in [-0.2, -0.15) is 5.26 Å². The van der Waals surface area contributed by atoms with Crippen molar-refractivity contribution >= 4 is 55.1 Å². The lowest BCUT2D eigenvalue weighted by molar-refractivity contribution is 1.25. The molecule has 0 aliphatic carbocycles. The van der Waals surface area contributed by atoms with Crippen molar-refractivity contribution in [2.45, 2.75) is 55.4 Å². The summed E-state index contributed by atoms with van der Waals surface area (Å²) in [5.74, 6) is 0. The Bertz CT molecular complexity index is 2250. The van der Waals surface area contributed by atoms with Crippen LogP contribution in [0.25, 0.3) is 66.3 Å². The van der Waals surface area contributed by atoms with E-state index in [9.17, 15) is 5.26 Å². The number of aryl methyl sites for hydroxylation is 4. The molecule has 0 fully saturated rings. The molecule has 0 atom stereocenters. The van der Waals surface area contributed by atoms with E-state index in [1.165, 1.54) is 22.3 Å². The summed E-state index contributed by atoms with van der Waals surface area (Å²) in [4.78, 5) is 18.0. The van der Waals surface area contributed by atoms with Crippen molar-refractivity contribution in [1.82, 2.24) is 19.9 Å². The number of benzene rings is 2. The van der Waals surface area contributed by atoms with E-state index in [1.54, 1.807) is 0 Å². The van der Waals surface area contributed by atoms with E-state index < -0.39 is 0 Å². The zero-order valence-corrected chi connectivity index (χ0v) is 26.5. The van der Waals surface area contributed by atoms with Gasteiger partial charge in [-0.05, 0) is 124 Å². The lowest BCUT2D eigenvalue weighted by atomic mass is 9.89. The molecule has 0 unspecified atom stereocenters. The van der Waals surface area contributed by atoms with Crippen LogP contribution in [0, 0.1) is 39.0 Å². The number of rotatable bonds is 1. The fourth-order valence-electron chi connectivity index (χ4n) is 6.52. The smallest absolute Gasteiger partial charge is 0.100 e. The second-order valence-corrected chi connectivity index (χ2v) is 12.2. The molecule has 0 spiro atoms. The molecule has 0 saturated heterocycles. The molecule has 5 aromatic rings. The number of H-pyrrole nitrogens is 2. The van der Waals surface area contributed by atoms with E-state index in [0.29, 0.717) is 5.56 Å². The van der Waals surface area contributed by atoms with Crippen LogP contribution in [0.1, 0.15) is 78.3 Å². The van der Waals surface area contributed by atoms with Gasteiger partial charge >= 0.3 is 0 Å². The molecule has 5 heteroatoms. The number of nitrogens with zero attached hydrogens (tertiary/aromatic N) is 3. The van der Waals surface area contributed by atoms with E-state index in [-0.39, 0.29) is 0 Å². The summed E-state index contributed by atoms with van der Waals surface area (Å²) in [6, 6.07) is 21.3. The van der Waals surface area contributed by atoms with Crippen molar-refractivity contribution in [3.8, 4) is 17.2 Å². The van der Waals surface area contributed by atoms with Gasteiger partial charge in [0.2, 0.25) is 0 Å². The molecule has 5 heterocycles. The third-order valence-electron chi connectivity index (χ3n) is 9.98. The highest BCUT2D eigenvalue weighted by atomic mass is 14.8. The quantitative estimate of drug-likeness (QED) is 0.209. The number of allylic oxidation sites excluding steroid dienone is 4. The monoisotopic (exact) mass is 573 g/mol. The van der Waals surface area contributed by atoms with Crippen molar-refractivity contribution < 1.29 is 0 Å². The summed E-state index contributed by atoms with van der Waals surface area (Å²) in [7, 11) is 0. The van der Waals surface area contributed by atoms with Gasteiger partial charge < -0.3 is 9.97 Å². The number of hydrogen-bond acceptors (Lipinski definition) is 3. The number of nitrogens with one attached hydrogen (secondary N) is 2. The Labute approximate surface area is 257 Å². The zero-order valence-electron chi connectivity index (χ0n) is 26.5. The average molecular weight is 574 g/mol. The SMILES string of the molecule is CC1=C(C)c2nc1cc1[nH]c(cc3[nH]c(cc4nc(c2-c2ccc5ccccc5c2C#N)C(C)=C4C)c(C)c3C)c(C)c1C. The minimum atomic E-state index is 0.639. The predicted octanol–water partition coefficient (Wildman–Crippen LogP) is 10.1. The highest BCUT2D eigenvalue weighted by Gasteiger charge is 2.26. The number of hydrogen-bond donors (Lipinski definition) is 2. The lowest BCUT2D eigenvalue weighted by Gasteiger charge is -2.13. The standard InChI is InChI=1S/C39H35N5/c1-19-21(3)33-16-35-23(5)25(7)38(43-35)37(29-14-13-27-11-9-10-12-28(27)30(29)18-40)39-26(8)24(6)36(44-39)17-34-22(4)20(2)32(42-34)15-31(19)41-33/h9-17,41-42H,1-8H3. The molecule has 0 saturated carbocycles. The van der Waals surface area contributed by atoms with Crippen molar-refractivity contribution in [1.29, 1.82) is 5.26 Å². The molecule has 0 radical (unpaired) electrons. The van der Waals surface area contributed by atoms with Gasteiger partial charge in [-0.1, -0.05) is 36.4 Å². The summed E-state index contributed by atoms with van der Waals surface area (Å²) >= 11 is 0. The fourth-order valence-corrected chi connectivity index (χ4v) is 6.52. The molecule has 2 aliphatic heterocycles. The summed E-state index contributed by atoms with van der Waals surface area (Å²) < 4.78 is 0. The second-order valence-electron chi connectivity index (χ2n) is 12.2. The maximum Gasteiger partial charge on any atom is 0.100 e. The summed E-state index contributed by atoms with van der Waals surface area (Å²) in [5.41, 5.74) is 19.5. The Morgan fingerprint density at radius 2 is 1.05 bits per heavy atom. The van der Waals surface area contributed by atoms with E-state index >= 15 is 0 Å². The Morgan fingerprint density at radius 1 is 0.568 bits per heavy atom. The fraction of sp³-hybridized carbons (Fsp3) is 0.205. The Balaban J connectivity index is 1.74. The van der Waals surface area contributed by atoms with E-state index in [0.717, 1.165) is 89.0 Å². The maximum absolute atomic E-state index is 10.6. The summed E-state index contributed by atoms with van der Waals surface area (Å²) in [5, 5.41) is 12.5. The third-order valence-corrected chi connectivity index (χ3v) is 9.98. The largest absolute Gasteiger partial charge is 0.355 e. The molecule has 2 aliphatic rings. The van der Waals surface area contributed by atoms with Crippen LogP contribution in [0.15, 0.2) is 54.6 Å². The molecule has 5 nitrogen and oxygen atoms in total. The first-order valence-corrected chi connectivity index (χ1v) is 15.1. The minimum absolute atomic E-state index is 0.639. The van der Waals surface area contributed by atoms with Crippen molar-refractivity contribution in [2.24, 2.45) is 0 Å². The second kappa shape index (κ2) is 9.92. The number of aromatic amines is 2. The average Bonchev–Trinajstić information content (AvgIpc) is 3.65. The van der Waals surface area contributed by atoms with Crippen LogP contribution < -0.4 is 0 Å². The van der Waals surface area contributed by atoms with E-state index in [2.05, 4.69) is 108 Å². The van der Waals surface area contributed by atoms with Crippen LogP contribution in [-0.2, 0) is 0 Å². The molecular weight excluding hydrogens is 538 g/mol. The van der Waals surface area contributed by atoms with Crippen molar-refractivity contribution in [3.05, 3.63) is 105 Å². The molecule has 2 N–H and O–H groups in total. The first kappa shape index (κ1) is 27.6. The first-order chi connectivity index (χ1) is 21.1. The van der Waals surface area contributed by atoms with Gasteiger partial charge in [-0.15, -0.1) is 0 Å². The highest BCUT2D eigenvalue weighted by Crippen LogP contribution is 2.43. The summed E-state index contributed by atoms with van der Waals surface area (Å²) in [6.45, 7) is 17.2. The lowest BCUT2D eigenvalue weighted by Crippen LogP contribution is -1.96. The van der Waals surface area contributed by atoms with Gasteiger partial charge in [-0.3, -0.25) is 0 Å². The molecule has 44 heavy (non-hydrogen) atoms. The first-order valence-electron chi connectivity index (χ1n) is 15.1. The third kappa shape index (κ3) is 3.98. The minimum Gasteiger partial charge on any atom is -0.355 e. The van der Waals surface area contributed by atoms with Crippen molar-refractivity contribution in [3.63, 3.8) is 0 Å². The van der Waals surface area contributed by atoms with Crippen molar-refractivity contribution in [2.75, 3.05) is 0 Å². The van der Waals surface area contributed by atoms with Gasteiger partial charge in [0, 0.05) is 38.6 Å². The predicted molar refractivity (Wildman–Crippen MR) is 184 cm³/mol. The van der Waals surface area contributed by atoms with Crippen LogP contribution in [0.2, 0.25) is 0 Å². The molecule has 0 amide bonds. The highest BCUT2D eigenvalue weighted by molar-refractivity contribution is 6.04. The Kier molecular flexibility index (Phi) is 6.23. The van der Waals surface area contributed by atoms with Gasteiger partial charge in [0.05, 0.1) is 28.3 Å². The molecular formula is C39H35N5. The van der Waals surface area contributed by atoms with Crippen LogP contribution in [0.5, 0.6) is 0 Å². The zero-order chi connectivity index (χ0) is 31.0. The molecule has 7 rings (SSSR count). The van der Waals surface area contributed by atoms with Crippen LogP contribution >= 0.6 is 0 Å². The Hall–Kier alpha value is -5.21. The van der Waals surface area contributed by atoms with Gasteiger partial charge in [0.25, 0.3) is 0 Å². The number of fused-ring (bicyclic) bond motifs is 9. The number of aromatic nitrogens is 4. The van der Waals surface area contributed by atoms with Crippen LogP contribution in [-0.4, -0.2) is 19.9 Å². The molecule has 8 bridgehead atoms. The number of nitriles is 1. The van der Waals surface area contributed by atoms with Crippen LogP contribution in [0.3, 0.4) is 0 Å². The van der Waals surface area contributed by atoms with E-state index in [4.69, 9.17) is 9.97 Å². The summed E-state index contributed by atoms with van der Waals surface area (Å²) in [6.07, 6.45) is 0. The van der Waals surface area contributed by atoms with Gasteiger partial charge in [0.15, 0.2) is 0 Å². The topological polar surface area (TPSA) is 81.2 Å². The van der Waals surface area contributed by atoms with Gasteiger partial charge in [-0.25, -0.2) is 9.97 Å². The van der Waals surface area contributed by atoms with Gasteiger partial charge in [0.1, 0.15) is 6.07 Å². The molecule has 3 aromatic heterocycles. The van der Waals surface area contributed by atoms with E-state index in [1.807, 2.05) is 18.2 Å². The molecule has 216 valence electrons. The normalized spacial score (nSPS) is 13.2. The molecule has 2 aromatic carbocycles. The Morgan fingerprint density at radius 3 is 1.55 bits per heavy atom. The maximum atomic E-state index is 10.6. The van der Waals surface area contributed by atoms with Crippen LogP contribution in [0.4, 0.5) is 0 Å².